The van der Waals surface area contributed by atoms with E-state index in [0.29, 0.717) is 25.2 Å². The van der Waals surface area contributed by atoms with Crippen LogP contribution in [0.1, 0.15) is 29.6 Å². The number of nitro benzene ring substituents is 1. The van der Waals surface area contributed by atoms with Gasteiger partial charge < -0.3 is 9.47 Å². The van der Waals surface area contributed by atoms with Crippen LogP contribution >= 0.6 is 0 Å². The fourth-order valence-electron chi connectivity index (χ4n) is 2.04. The second-order valence-electron chi connectivity index (χ2n) is 4.63. The highest BCUT2D eigenvalue weighted by atomic mass is 19.1. The number of carbonyl (C=O) groups excluding carboxylic acids is 1. The van der Waals surface area contributed by atoms with Gasteiger partial charge >= 0.3 is 11.7 Å². The average molecular weight is 301 g/mol. The van der Waals surface area contributed by atoms with E-state index in [4.69, 9.17) is 9.47 Å². The third kappa shape index (κ3) is 3.72. The second kappa shape index (κ2) is 6.57. The number of rotatable bonds is 4. The average Bonchev–Trinajstić information content (AvgIpc) is 2.47. The van der Waals surface area contributed by atoms with Gasteiger partial charge in [0, 0.05) is 6.61 Å². The summed E-state index contributed by atoms with van der Waals surface area (Å²) < 4.78 is 37.2. The quantitative estimate of drug-likeness (QED) is 0.485. The number of hydrogen-bond acceptors (Lipinski definition) is 5. The number of nitro groups is 1. The molecule has 0 aromatic heterocycles. The van der Waals surface area contributed by atoms with Gasteiger partial charge in [0.2, 0.25) is 5.82 Å². The Bertz CT molecular complexity index is 558. The van der Waals surface area contributed by atoms with Crippen molar-refractivity contribution in [2.75, 3.05) is 13.2 Å². The van der Waals surface area contributed by atoms with E-state index in [-0.39, 0.29) is 12.7 Å². The Morgan fingerprint density at radius 2 is 2.19 bits per heavy atom. The zero-order valence-corrected chi connectivity index (χ0v) is 11.0. The van der Waals surface area contributed by atoms with Gasteiger partial charge in [0.25, 0.3) is 0 Å². The lowest BCUT2D eigenvalue weighted by Gasteiger charge is -2.22. The lowest BCUT2D eigenvalue weighted by molar-refractivity contribution is -0.387. The van der Waals surface area contributed by atoms with Gasteiger partial charge in [-0.3, -0.25) is 10.1 Å². The van der Waals surface area contributed by atoms with Crippen molar-refractivity contribution in [3.8, 4) is 0 Å². The van der Waals surface area contributed by atoms with E-state index in [2.05, 4.69) is 0 Å². The number of benzene rings is 1. The summed E-state index contributed by atoms with van der Waals surface area (Å²) in [5, 5.41) is 10.6. The zero-order valence-electron chi connectivity index (χ0n) is 11.0. The van der Waals surface area contributed by atoms with Crippen molar-refractivity contribution in [3.63, 3.8) is 0 Å². The Balaban J connectivity index is 2.09. The normalized spacial score (nSPS) is 18.3. The minimum absolute atomic E-state index is 0.0947. The first kappa shape index (κ1) is 15.3. The molecule has 0 aliphatic carbocycles. The monoisotopic (exact) mass is 301 g/mol. The fraction of sp³-hybridized carbons (Fsp3) is 0.462. The predicted molar refractivity (Wildman–Crippen MR) is 66.9 cm³/mol. The topological polar surface area (TPSA) is 78.7 Å². The van der Waals surface area contributed by atoms with Crippen LogP contribution in [-0.4, -0.2) is 30.2 Å². The first-order valence-corrected chi connectivity index (χ1v) is 6.41. The van der Waals surface area contributed by atoms with Gasteiger partial charge in [0.1, 0.15) is 18.0 Å². The summed E-state index contributed by atoms with van der Waals surface area (Å²) in [7, 11) is 0. The van der Waals surface area contributed by atoms with Crippen molar-refractivity contribution in [1.82, 2.24) is 0 Å². The maximum absolute atomic E-state index is 13.8. The van der Waals surface area contributed by atoms with Crippen molar-refractivity contribution in [1.29, 1.82) is 0 Å². The van der Waals surface area contributed by atoms with Crippen LogP contribution in [0.3, 0.4) is 0 Å². The molecule has 0 bridgehead atoms. The van der Waals surface area contributed by atoms with Gasteiger partial charge in [-0.1, -0.05) is 0 Å². The first-order valence-electron chi connectivity index (χ1n) is 6.41. The molecular weight excluding hydrogens is 288 g/mol. The van der Waals surface area contributed by atoms with E-state index in [1.165, 1.54) is 0 Å². The Kier molecular flexibility index (Phi) is 4.79. The van der Waals surface area contributed by atoms with E-state index in [1.54, 1.807) is 0 Å². The summed E-state index contributed by atoms with van der Waals surface area (Å²) in [6.45, 7) is 0.463. The van der Waals surface area contributed by atoms with Gasteiger partial charge in [-0.05, 0) is 25.3 Å². The van der Waals surface area contributed by atoms with Crippen LogP contribution in [0.2, 0.25) is 0 Å². The van der Waals surface area contributed by atoms with Crippen molar-refractivity contribution in [2.24, 2.45) is 0 Å². The maximum Gasteiger partial charge on any atom is 0.341 e. The lowest BCUT2D eigenvalue weighted by Crippen LogP contribution is -2.26. The molecule has 0 N–H and O–H groups in total. The summed E-state index contributed by atoms with van der Waals surface area (Å²) in [5.41, 5.74) is -1.90. The molecule has 0 radical (unpaired) electrons. The minimum Gasteiger partial charge on any atom is -0.459 e. The number of halogens is 2. The molecule has 1 aromatic rings. The van der Waals surface area contributed by atoms with E-state index in [1.807, 2.05) is 0 Å². The zero-order chi connectivity index (χ0) is 15.4. The largest absolute Gasteiger partial charge is 0.459 e. The Hall–Kier alpha value is -2.09. The Morgan fingerprint density at radius 3 is 2.81 bits per heavy atom. The standard InChI is InChI=1S/C13H13F2NO5/c14-8-5-10(12(15)11(6-8)16(18)19)13(17)21-7-9-3-1-2-4-20-9/h5-6,9H,1-4,7H2. The molecule has 1 heterocycles. The molecule has 2 rings (SSSR count). The minimum atomic E-state index is -1.41. The number of carbonyl (C=O) groups is 1. The van der Waals surface area contributed by atoms with Crippen molar-refractivity contribution in [3.05, 3.63) is 39.4 Å². The van der Waals surface area contributed by atoms with Crippen molar-refractivity contribution in [2.45, 2.75) is 25.4 Å². The summed E-state index contributed by atoms with van der Waals surface area (Å²) in [5.74, 6) is -3.63. The fourth-order valence-corrected chi connectivity index (χ4v) is 2.04. The van der Waals surface area contributed by atoms with Gasteiger partial charge in [0.15, 0.2) is 0 Å². The molecule has 1 fully saturated rings. The van der Waals surface area contributed by atoms with Crippen LogP contribution in [0, 0.1) is 21.7 Å². The van der Waals surface area contributed by atoms with Crippen LogP contribution in [0.5, 0.6) is 0 Å². The highest BCUT2D eigenvalue weighted by molar-refractivity contribution is 5.90. The van der Waals surface area contributed by atoms with E-state index < -0.39 is 33.8 Å². The van der Waals surface area contributed by atoms with Crippen molar-refractivity contribution < 1.29 is 28.0 Å². The molecule has 1 aromatic carbocycles. The van der Waals surface area contributed by atoms with Crippen LogP contribution < -0.4 is 0 Å². The number of ether oxygens (including phenoxy) is 2. The molecule has 0 amide bonds. The molecule has 114 valence electrons. The highest BCUT2D eigenvalue weighted by Crippen LogP contribution is 2.23. The van der Waals surface area contributed by atoms with Crippen LogP contribution in [0.4, 0.5) is 14.5 Å². The van der Waals surface area contributed by atoms with Crippen LogP contribution in [-0.2, 0) is 9.47 Å². The highest BCUT2D eigenvalue weighted by Gasteiger charge is 2.26. The molecule has 6 nitrogen and oxygen atoms in total. The first-order chi connectivity index (χ1) is 9.99. The Morgan fingerprint density at radius 1 is 1.43 bits per heavy atom. The SMILES string of the molecule is O=C(OCC1CCCCO1)c1cc(F)cc([N+](=O)[O-])c1F. The number of hydrogen-bond donors (Lipinski definition) is 0. The molecule has 1 aliphatic rings. The van der Waals surface area contributed by atoms with Crippen LogP contribution in [0.25, 0.3) is 0 Å². The van der Waals surface area contributed by atoms with Gasteiger partial charge in [0.05, 0.1) is 17.1 Å². The van der Waals surface area contributed by atoms with Crippen molar-refractivity contribution >= 4 is 11.7 Å². The second-order valence-corrected chi connectivity index (χ2v) is 4.63. The summed E-state index contributed by atoms with van der Waals surface area (Å²) >= 11 is 0. The van der Waals surface area contributed by atoms with E-state index in [0.717, 1.165) is 12.8 Å². The maximum atomic E-state index is 13.8. The van der Waals surface area contributed by atoms with Crippen LogP contribution in [0.15, 0.2) is 12.1 Å². The summed E-state index contributed by atoms with van der Waals surface area (Å²) in [6.07, 6.45) is 2.28. The third-order valence-electron chi connectivity index (χ3n) is 3.11. The van der Waals surface area contributed by atoms with E-state index >= 15 is 0 Å². The number of esters is 1. The molecule has 0 saturated carbocycles. The molecule has 1 saturated heterocycles. The third-order valence-corrected chi connectivity index (χ3v) is 3.11. The molecule has 1 aliphatic heterocycles. The predicted octanol–water partition coefficient (Wildman–Crippen LogP) is 2.60. The van der Waals surface area contributed by atoms with Gasteiger partial charge in [-0.25, -0.2) is 9.18 Å². The van der Waals surface area contributed by atoms with Gasteiger partial charge in [-0.2, -0.15) is 4.39 Å². The molecule has 0 spiro atoms. The molecule has 1 unspecified atom stereocenters. The van der Waals surface area contributed by atoms with E-state index in [9.17, 15) is 23.7 Å². The number of nitrogens with zero attached hydrogens (tertiary/aromatic N) is 1. The van der Waals surface area contributed by atoms with Gasteiger partial charge in [-0.15, -0.1) is 0 Å². The summed E-state index contributed by atoms with van der Waals surface area (Å²) in [4.78, 5) is 21.2. The lowest BCUT2D eigenvalue weighted by atomic mass is 10.1. The smallest absolute Gasteiger partial charge is 0.341 e. The molecule has 8 heteroatoms. The molecular formula is C13H13F2NO5. The summed E-state index contributed by atoms with van der Waals surface area (Å²) in [6, 6.07) is 0.989. The Labute approximate surface area is 118 Å². The molecule has 21 heavy (non-hydrogen) atoms. The molecule has 1 atom stereocenters.